The first-order valence-corrected chi connectivity index (χ1v) is 7.03. The zero-order chi connectivity index (χ0) is 14.5. The molecule has 0 bridgehead atoms. The molecule has 5 heteroatoms. The van der Waals surface area contributed by atoms with Gasteiger partial charge in [-0.25, -0.2) is 0 Å². The van der Waals surface area contributed by atoms with Crippen LogP contribution in [0.25, 0.3) is 0 Å². The molecule has 1 aromatic rings. The summed E-state index contributed by atoms with van der Waals surface area (Å²) in [6.45, 7) is 5.38. The molecule has 1 heterocycles. The first-order chi connectivity index (χ1) is 9.61. The minimum absolute atomic E-state index is 0.000632. The van der Waals surface area contributed by atoms with Crippen LogP contribution >= 0.6 is 0 Å². The number of carbonyl (C=O) groups excluding carboxylic acids is 2. The second kappa shape index (κ2) is 6.52. The zero-order valence-corrected chi connectivity index (χ0v) is 11.9. The van der Waals surface area contributed by atoms with Crippen molar-refractivity contribution in [1.29, 1.82) is 0 Å². The lowest BCUT2D eigenvalue weighted by Crippen LogP contribution is -2.48. The molecule has 0 aromatic heterocycles. The smallest absolute Gasteiger partial charge is 0.253 e. The molecule has 1 aliphatic rings. The van der Waals surface area contributed by atoms with Crippen molar-refractivity contribution in [2.45, 2.75) is 26.3 Å². The number of hydrogen-bond donors (Lipinski definition) is 3. The summed E-state index contributed by atoms with van der Waals surface area (Å²) in [6.07, 6.45) is 0.869. The third kappa shape index (κ3) is 3.36. The van der Waals surface area contributed by atoms with Crippen LogP contribution in [0.3, 0.4) is 0 Å². The third-order valence-corrected chi connectivity index (χ3v) is 3.57. The monoisotopic (exact) mass is 275 g/mol. The fourth-order valence-electron chi connectivity index (χ4n) is 1.90. The Morgan fingerprint density at radius 3 is 2.65 bits per heavy atom. The van der Waals surface area contributed by atoms with Gasteiger partial charge in [0.15, 0.2) is 0 Å². The summed E-state index contributed by atoms with van der Waals surface area (Å²) in [5, 5.41) is 8.82. The van der Waals surface area contributed by atoms with Gasteiger partial charge < -0.3 is 16.0 Å². The van der Waals surface area contributed by atoms with Crippen LogP contribution in [0.15, 0.2) is 24.3 Å². The van der Waals surface area contributed by atoms with E-state index in [1.165, 1.54) is 0 Å². The SMILES string of the molecule is CCC(C)NC(=O)c1ccccc1NC(=O)C1CNC1. The van der Waals surface area contributed by atoms with Crippen molar-refractivity contribution in [1.82, 2.24) is 10.6 Å². The Kier molecular flexibility index (Phi) is 4.74. The Morgan fingerprint density at radius 2 is 2.05 bits per heavy atom. The standard InChI is InChI=1S/C15H21N3O2/c1-3-10(2)17-15(20)12-6-4-5-7-13(12)18-14(19)11-8-16-9-11/h4-7,10-11,16H,3,8-9H2,1-2H3,(H,17,20)(H,18,19). The highest BCUT2D eigenvalue weighted by Crippen LogP contribution is 2.17. The first kappa shape index (κ1) is 14.5. The van der Waals surface area contributed by atoms with E-state index in [4.69, 9.17) is 0 Å². The number of para-hydroxylation sites is 1. The van der Waals surface area contributed by atoms with Gasteiger partial charge in [0.05, 0.1) is 17.2 Å². The summed E-state index contributed by atoms with van der Waals surface area (Å²) in [5.41, 5.74) is 1.08. The molecule has 1 atom stereocenters. The van der Waals surface area contributed by atoms with E-state index in [0.29, 0.717) is 24.3 Å². The Morgan fingerprint density at radius 1 is 1.35 bits per heavy atom. The predicted molar refractivity (Wildman–Crippen MR) is 78.7 cm³/mol. The van der Waals surface area contributed by atoms with Crippen LogP contribution in [0, 0.1) is 5.92 Å². The number of nitrogens with one attached hydrogen (secondary N) is 3. The van der Waals surface area contributed by atoms with E-state index in [2.05, 4.69) is 16.0 Å². The van der Waals surface area contributed by atoms with Crippen molar-refractivity contribution in [3.63, 3.8) is 0 Å². The number of amides is 2. The quantitative estimate of drug-likeness (QED) is 0.760. The van der Waals surface area contributed by atoms with E-state index < -0.39 is 0 Å². The average Bonchev–Trinajstić information content (AvgIpc) is 2.36. The Bertz CT molecular complexity index is 498. The van der Waals surface area contributed by atoms with E-state index in [9.17, 15) is 9.59 Å². The molecule has 0 saturated carbocycles. The molecule has 1 unspecified atom stereocenters. The van der Waals surface area contributed by atoms with E-state index in [-0.39, 0.29) is 23.8 Å². The molecule has 3 N–H and O–H groups in total. The fraction of sp³-hybridized carbons (Fsp3) is 0.467. The summed E-state index contributed by atoms with van der Waals surface area (Å²) < 4.78 is 0. The largest absolute Gasteiger partial charge is 0.350 e. The highest BCUT2D eigenvalue weighted by atomic mass is 16.2. The first-order valence-electron chi connectivity index (χ1n) is 7.03. The topological polar surface area (TPSA) is 70.2 Å². The maximum absolute atomic E-state index is 12.2. The molecule has 20 heavy (non-hydrogen) atoms. The molecule has 0 aliphatic carbocycles. The van der Waals surface area contributed by atoms with Gasteiger partial charge in [-0.3, -0.25) is 9.59 Å². The Balaban J connectivity index is 2.08. The lowest BCUT2D eigenvalue weighted by atomic mass is 10.0. The fourth-order valence-corrected chi connectivity index (χ4v) is 1.90. The summed E-state index contributed by atoms with van der Waals surface area (Å²) in [7, 11) is 0. The Labute approximate surface area is 119 Å². The van der Waals surface area contributed by atoms with Crippen LogP contribution in [0.2, 0.25) is 0 Å². The van der Waals surface area contributed by atoms with Crippen LogP contribution in [0.1, 0.15) is 30.6 Å². The second-order valence-corrected chi connectivity index (χ2v) is 5.17. The number of rotatable bonds is 5. The lowest BCUT2D eigenvalue weighted by molar-refractivity contribution is -0.121. The molecule has 1 aliphatic heterocycles. The minimum Gasteiger partial charge on any atom is -0.350 e. The summed E-state index contributed by atoms with van der Waals surface area (Å²) in [5.74, 6) is -0.185. The van der Waals surface area contributed by atoms with E-state index in [1.807, 2.05) is 19.9 Å². The predicted octanol–water partition coefficient (Wildman–Crippen LogP) is 1.37. The van der Waals surface area contributed by atoms with Gasteiger partial charge in [0, 0.05) is 19.1 Å². The molecular formula is C15H21N3O2. The molecular weight excluding hydrogens is 254 g/mol. The maximum Gasteiger partial charge on any atom is 0.253 e. The van der Waals surface area contributed by atoms with E-state index in [1.54, 1.807) is 18.2 Å². The molecule has 0 spiro atoms. The maximum atomic E-state index is 12.2. The van der Waals surface area contributed by atoms with Gasteiger partial charge in [-0.2, -0.15) is 0 Å². The van der Waals surface area contributed by atoms with Crippen molar-refractivity contribution >= 4 is 17.5 Å². The Hall–Kier alpha value is -1.88. The molecule has 108 valence electrons. The summed E-state index contributed by atoms with van der Waals surface area (Å²) in [4.78, 5) is 24.2. The van der Waals surface area contributed by atoms with Gasteiger partial charge in [-0.1, -0.05) is 19.1 Å². The lowest BCUT2D eigenvalue weighted by Gasteiger charge is -2.26. The van der Waals surface area contributed by atoms with Gasteiger partial charge in [-0.15, -0.1) is 0 Å². The van der Waals surface area contributed by atoms with Gasteiger partial charge >= 0.3 is 0 Å². The van der Waals surface area contributed by atoms with E-state index in [0.717, 1.165) is 6.42 Å². The van der Waals surface area contributed by atoms with Crippen LogP contribution in [0.5, 0.6) is 0 Å². The average molecular weight is 275 g/mol. The second-order valence-electron chi connectivity index (χ2n) is 5.17. The van der Waals surface area contributed by atoms with Crippen LogP contribution in [-0.4, -0.2) is 30.9 Å². The third-order valence-electron chi connectivity index (χ3n) is 3.57. The molecule has 5 nitrogen and oxygen atoms in total. The molecule has 2 amide bonds. The number of hydrogen-bond acceptors (Lipinski definition) is 3. The summed E-state index contributed by atoms with van der Waals surface area (Å²) >= 11 is 0. The van der Waals surface area contributed by atoms with Crippen molar-refractivity contribution in [2.75, 3.05) is 18.4 Å². The van der Waals surface area contributed by atoms with Crippen molar-refractivity contribution in [3.05, 3.63) is 29.8 Å². The highest BCUT2D eigenvalue weighted by Gasteiger charge is 2.25. The molecule has 2 rings (SSSR count). The van der Waals surface area contributed by atoms with Crippen LogP contribution in [0.4, 0.5) is 5.69 Å². The number of benzene rings is 1. The van der Waals surface area contributed by atoms with Gasteiger partial charge in [-0.05, 0) is 25.5 Å². The van der Waals surface area contributed by atoms with Gasteiger partial charge in [0.2, 0.25) is 5.91 Å². The molecule has 1 aromatic carbocycles. The van der Waals surface area contributed by atoms with Crippen molar-refractivity contribution in [2.24, 2.45) is 5.92 Å². The van der Waals surface area contributed by atoms with Gasteiger partial charge in [0.25, 0.3) is 5.91 Å². The van der Waals surface area contributed by atoms with Crippen molar-refractivity contribution < 1.29 is 9.59 Å². The van der Waals surface area contributed by atoms with Crippen molar-refractivity contribution in [3.8, 4) is 0 Å². The molecule has 0 radical (unpaired) electrons. The van der Waals surface area contributed by atoms with Gasteiger partial charge in [0.1, 0.15) is 0 Å². The highest BCUT2D eigenvalue weighted by molar-refractivity contribution is 6.04. The molecule has 1 fully saturated rings. The van der Waals surface area contributed by atoms with E-state index >= 15 is 0 Å². The molecule has 1 saturated heterocycles. The summed E-state index contributed by atoms with van der Waals surface area (Å²) in [6, 6.07) is 7.21. The number of anilines is 1. The van der Waals surface area contributed by atoms with Crippen LogP contribution < -0.4 is 16.0 Å². The zero-order valence-electron chi connectivity index (χ0n) is 11.9. The normalized spacial score (nSPS) is 16.1. The number of carbonyl (C=O) groups is 2. The minimum atomic E-state index is -0.151. The van der Waals surface area contributed by atoms with Crippen LogP contribution in [-0.2, 0) is 4.79 Å².